The number of hydrogen-bond donors (Lipinski definition) is 1. The molecule has 0 saturated carbocycles. The van der Waals surface area contributed by atoms with Crippen LogP contribution in [0.1, 0.15) is 33.6 Å². The van der Waals surface area contributed by atoms with E-state index in [1.807, 2.05) is 0 Å². The molecule has 0 aliphatic rings. The van der Waals surface area contributed by atoms with Crippen molar-refractivity contribution in [3.63, 3.8) is 0 Å². The predicted octanol–water partition coefficient (Wildman–Crippen LogP) is 1.22. The van der Waals surface area contributed by atoms with Crippen LogP contribution in [-0.2, 0) is 14.3 Å². The summed E-state index contributed by atoms with van der Waals surface area (Å²) in [5.41, 5.74) is 0. The van der Waals surface area contributed by atoms with Gasteiger partial charge in [0.05, 0.1) is 12.2 Å². The zero-order valence-corrected chi connectivity index (χ0v) is 9.40. The third kappa shape index (κ3) is 7.88. The molecule has 1 unspecified atom stereocenters. The summed E-state index contributed by atoms with van der Waals surface area (Å²) >= 11 is 0. The largest absolute Gasteiger partial charge is 0.463 e. The molecule has 4 heteroatoms. The molecule has 1 N–H and O–H groups in total. The number of hydrogen-bond acceptors (Lipinski definition) is 4. The van der Waals surface area contributed by atoms with Gasteiger partial charge in [0.15, 0.2) is 0 Å². The summed E-state index contributed by atoms with van der Waals surface area (Å²) in [7, 11) is 0. The van der Waals surface area contributed by atoms with Crippen LogP contribution in [0.3, 0.4) is 0 Å². The Morgan fingerprint density at radius 1 is 1.40 bits per heavy atom. The van der Waals surface area contributed by atoms with Crippen molar-refractivity contribution < 1.29 is 19.4 Å². The normalized spacial score (nSPS) is 13.1. The molecule has 0 saturated heterocycles. The number of esters is 1. The van der Waals surface area contributed by atoms with Crippen LogP contribution in [0.2, 0.25) is 0 Å². The van der Waals surface area contributed by atoms with Crippen LogP contribution in [0.25, 0.3) is 0 Å². The van der Waals surface area contributed by atoms with Crippen LogP contribution in [0.4, 0.5) is 0 Å². The first-order chi connectivity index (χ1) is 6.95. The molecule has 0 aromatic carbocycles. The van der Waals surface area contributed by atoms with Crippen LogP contribution in [0.5, 0.6) is 0 Å². The van der Waals surface area contributed by atoms with Gasteiger partial charge in [-0.3, -0.25) is 9.59 Å². The number of carbonyl (C=O) groups is 2. The lowest BCUT2D eigenvalue weighted by molar-refractivity contribution is -0.149. The summed E-state index contributed by atoms with van der Waals surface area (Å²) in [6, 6.07) is 0. The topological polar surface area (TPSA) is 63.6 Å². The standard InChI is InChI=1S/C11H18O4/c1-4-5-9(12)6-10(13)7-11(14)15-8(2)3/h4-5,8-9,12H,6-7H2,1-3H3/b5-4+. The molecule has 1 atom stereocenters. The summed E-state index contributed by atoms with van der Waals surface area (Å²) < 4.78 is 4.80. The Hall–Kier alpha value is -1.16. The molecule has 0 amide bonds. The van der Waals surface area contributed by atoms with Crippen molar-refractivity contribution in [3.05, 3.63) is 12.2 Å². The Balaban J connectivity index is 3.88. The van der Waals surface area contributed by atoms with Gasteiger partial charge in [-0.15, -0.1) is 0 Å². The van der Waals surface area contributed by atoms with Crippen LogP contribution < -0.4 is 0 Å². The van der Waals surface area contributed by atoms with E-state index in [4.69, 9.17) is 4.74 Å². The molecule has 0 aromatic heterocycles. The number of aliphatic hydroxyl groups excluding tert-OH is 1. The van der Waals surface area contributed by atoms with E-state index >= 15 is 0 Å². The van der Waals surface area contributed by atoms with Gasteiger partial charge in [0.1, 0.15) is 12.2 Å². The minimum absolute atomic E-state index is 0.0441. The average molecular weight is 214 g/mol. The van der Waals surface area contributed by atoms with Crippen LogP contribution >= 0.6 is 0 Å². The molecule has 15 heavy (non-hydrogen) atoms. The minimum Gasteiger partial charge on any atom is -0.463 e. The first-order valence-corrected chi connectivity index (χ1v) is 4.97. The fourth-order valence-electron chi connectivity index (χ4n) is 1.06. The molecular weight excluding hydrogens is 196 g/mol. The van der Waals surface area contributed by atoms with E-state index < -0.39 is 12.1 Å². The van der Waals surface area contributed by atoms with E-state index in [2.05, 4.69) is 0 Å². The van der Waals surface area contributed by atoms with Crippen molar-refractivity contribution in [2.45, 2.75) is 45.8 Å². The highest BCUT2D eigenvalue weighted by Crippen LogP contribution is 2.01. The maximum absolute atomic E-state index is 11.2. The Morgan fingerprint density at radius 3 is 2.47 bits per heavy atom. The number of aliphatic hydroxyl groups is 1. The van der Waals surface area contributed by atoms with Gasteiger partial charge in [0.25, 0.3) is 0 Å². The Morgan fingerprint density at radius 2 is 2.00 bits per heavy atom. The van der Waals surface area contributed by atoms with Gasteiger partial charge in [-0.05, 0) is 20.8 Å². The molecule has 86 valence electrons. The van der Waals surface area contributed by atoms with Gasteiger partial charge >= 0.3 is 5.97 Å². The highest BCUT2D eigenvalue weighted by Gasteiger charge is 2.14. The number of allylic oxidation sites excluding steroid dienone is 1. The van der Waals surface area contributed by atoms with Crippen LogP contribution in [0.15, 0.2) is 12.2 Å². The minimum atomic E-state index is -0.811. The summed E-state index contributed by atoms with van der Waals surface area (Å²) in [5.74, 6) is -0.853. The lowest BCUT2D eigenvalue weighted by Crippen LogP contribution is -2.18. The smallest absolute Gasteiger partial charge is 0.313 e. The van der Waals surface area contributed by atoms with E-state index in [1.165, 1.54) is 6.08 Å². The van der Waals surface area contributed by atoms with Gasteiger partial charge in [0.2, 0.25) is 0 Å². The Bertz CT molecular complexity index is 243. The molecule has 0 heterocycles. The fourth-order valence-corrected chi connectivity index (χ4v) is 1.06. The molecule has 0 bridgehead atoms. The number of Topliss-reactive ketones (excluding diaryl/α,β-unsaturated/α-hetero) is 1. The van der Waals surface area contributed by atoms with Gasteiger partial charge in [0, 0.05) is 6.42 Å². The molecule has 0 aliphatic heterocycles. The van der Waals surface area contributed by atoms with Crippen molar-refractivity contribution in [2.75, 3.05) is 0 Å². The Kier molecular flexibility index (Phi) is 6.62. The summed E-state index contributed by atoms with van der Waals surface area (Å²) in [6.45, 7) is 5.19. The molecule has 0 radical (unpaired) electrons. The van der Waals surface area contributed by atoms with Gasteiger partial charge in [-0.25, -0.2) is 0 Å². The lowest BCUT2D eigenvalue weighted by atomic mass is 10.1. The SMILES string of the molecule is C/C=C/C(O)CC(=O)CC(=O)OC(C)C. The number of rotatable bonds is 6. The molecule has 0 rings (SSSR count). The molecule has 0 aromatic rings. The Labute approximate surface area is 89.9 Å². The van der Waals surface area contributed by atoms with Crippen molar-refractivity contribution in [3.8, 4) is 0 Å². The van der Waals surface area contributed by atoms with Crippen LogP contribution in [-0.4, -0.2) is 29.1 Å². The second-order valence-electron chi connectivity index (χ2n) is 3.55. The van der Waals surface area contributed by atoms with Crippen LogP contribution in [0, 0.1) is 0 Å². The van der Waals surface area contributed by atoms with Crippen molar-refractivity contribution in [1.29, 1.82) is 0 Å². The first kappa shape index (κ1) is 13.8. The first-order valence-electron chi connectivity index (χ1n) is 4.97. The van der Waals surface area contributed by atoms with E-state index in [0.717, 1.165) is 0 Å². The zero-order chi connectivity index (χ0) is 11.8. The van der Waals surface area contributed by atoms with E-state index in [0.29, 0.717) is 0 Å². The average Bonchev–Trinajstić information content (AvgIpc) is 2.00. The zero-order valence-electron chi connectivity index (χ0n) is 9.40. The second kappa shape index (κ2) is 7.17. The maximum Gasteiger partial charge on any atom is 0.313 e. The quantitative estimate of drug-likeness (QED) is 0.410. The van der Waals surface area contributed by atoms with E-state index in [1.54, 1.807) is 26.8 Å². The second-order valence-corrected chi connectivity index (χ2v) is 3.55. The van der Waals surface area contributed by atoms with Crippen molar-refractivity contribution in [1.82, 2.24) is 0 Å². The number of ketones is 1. The summed E-state index contributed by atoms with van der Waals surface area (Å²) in [6.07, 6.45) is 1.82. The third-order valence-electron chi connectivity index (χ3n) is 1.56. The molecule has 0 spiro atoms. The molecule has 0 aliphatic carbocycles. The van der Waals surface area contributed by atoms with Gasteiger partial charge in [-0.2, -0.15) is 0 Å². The lowest BCUT2D eigenvalue weighted by Gasteiger charge is -2.08. The number of carbonyl (C=O) groups excluding carboxylic acids is 2. The highest BCUT2D eigenvalue weighted by atomic mass is 16.5. The third-order valence-corrected chi connectivity index (χ3v) is 1.56. The van der Waals surface area contributed by atoms with Crippen molar-refractivity contribution >= 4 is 11.8 Å². The summed E-state index contributed by atoms with van der Waals surface area (Å²) in [4.78, 5) is 22.3. The molecule has 4 nitrogen and oxygen atoms in total. The van der Waals surface area contributed by atoms with Gasteiger partial charge < -0.3 is 9.84 Å². The molecule has 0 fully saturated rings. The maximum atomic E-state index is 11.2. The monoisotopic (exact) mass is 214 g/mol. The number of ether oxygens (including phenoxy) is 1. The highest BCUT2D eigenvalue weighted by molar-refractivity contribution is 5.95. The van der Waals surface area contributed by atoms with Crippen molar-refractivity contribution in [2.24, 2.45) is 0 Å². The fraction of sp³-hybridized carbons (Fsp3) is 0.636. The van der Waals surface area contributed by atoms with E-state index in [9.17, 15) is 14.7 Å². The summed E-state index contributed by atoms with van der Waals surface area (Å²) in [5, 5.41) is 9.25. The van der Waals surface area contributed by atoms with E-state index in [-0.39, 0.29) is 24.7 Å². The van der Waals surface area contributed by atoms with Gasteiger partial charge in [-0.1, -0.05) is 12.2 Å². The predicted molar refractivity (Wildman–Crippen MR) is 56.3 cm³/mol. The molecular formula is C11H18O4.